The molecule has 0 saturated carbocycles. The smallest absolute Gasteiger partial charge is 0.0683 e. The normalized spacial score (nSPS) is 14.9. The highest BCUT2D eigenvalue weighted by Gasteiger charge is 2.25. The average molecular weight is 209 g/mol. The molecule has 0 fully saturated rings. The summed E-state index contributed by atoms with van der Waals surface area (Å²) in [6.07, 6.45) is 0. The van der Waals surface area contributed by atoms with Gasteiger partial charge in [-0.05, 0) is 12.5 Å². The van der Waals surface area contributed by atoms with Gasteiger partial charge < -0.3 is 15.2 Å². The molecule has 0 aliphatic rings. The summed E-state index contributed by atoms with van der Waals surface area (Å²) in [6, 6.07) is 10.1. The van der Waals surface area contributed by atoms with Gasteiger partial charge >= 0.3 is 0 Å². The van der Waals surface area contributed by atoms with Crippen LogP contribution in [0.25, 0.3) is 0 Å². The second kappa shape index (κ2) is 5.85. The molecular formula is C12H19NO2. The van der Waals surface area contributed by atoms with Crippen LogP contribution in [-0.2, 0) is 10.3 Å². The highest BCUT2D eigenvalue weighted by molar-refractivity contribution is 5.23. The van der Waals surface area contributed by atoms with Gasteiger partial charge in [0.1, 0.15) is 0 Å². The number of aliphatic hydroxyl groups excluding tert-OH is 1. The maximum absolute atomic E-state index is 8.84. The van der Waals surface area contributed by atoms with E-state index in [4.69, 9.17) is 9.84 Å². The van der Waals surface area contributed by atoms with Crippen molar-refractivity contribution in [2.45, 2.75) is 12.5 Å². The van der Waals surface area contributed by atoms with Crippen LogP contribution in [0.15, 0.2) is 30.3 Å². The van der Waals surface area contributed by atoms with Gasteiger partial charge in [0.25, 0.3) is 0 Å². The second-order valence-electron chi connectivity index (χ2n) is 3.78. The molecular weight excluding hydrogens is 190 g/mol. The third kappa shape index (κ3) is 3.30. The van der Waals surface area contributed by atoms with Gasteiger partial charge in [0, 0.05) is 13.7 Å². The number of nitrogens with one attached hydrogen (secondary N) is 1. The van der Waals surface area contributed by atoms with Gasteiger partial charge in [-0.25, -0.2) is 0 Å². The van der Waals surface area contributed by atoms with Crippen molar-refractivity contribution >= 4 is 0 Å². The van der Waals surface area contributed by atoms with Crippen LogP contribution in [0.2, 0.25) is 0 Å². The lowest BCUT2D eigenvalue weighted by Crippen LogP contribution is -2.44. The van der Waals surface area contributed by atoms with E-state index in [1.54, 1.807) is 7.11 Å². The van der Waals surface area contributed by atoms with Crippen LogP contribution >= 0.6 is 0 Å². The molecule has 0 spiro atoms. The van der Waals surface area contributed by atoms with E-state index >= 15 is 0 Å². The molecule has 0 aliphatic heterocycles. The van der Waals surface area contributed by atoms with Crippen LogP contribution in [0, 0.1) is 0 Å². The third-order valence-electron chi connectivity index (χ3n) is 2.47. The molecule has 1 atom stereocenters. The molecule has 0 saturated heterocycles. The van der Waals surface area contributed by atoms with E-state index in [-0.39, 0.29) is 12.1 Å². The van der Waals surface area contributed by atoms with Crippen LogP contribution in [0.4, 0.5) is 0 Å². The molecule has 3 nitrogen and oxygen atoms in total. The van der Waals surface area contributed by atoms with Crippen LogP contribution in [-0.4, -0.2) is 32.0 Å². The van der Waals surface area contributed by atoms with E-state index in [1.807, 2.05) is 18.2 Å². The molecule has 0 radical (unpaired) electrons. The van der Waals surface area contributed by atoms with Gasteiger partial charge in [-0.2, -0.15) is 0 Å². The second-order valence-corrected chi connectivity index (χ2v) is 3.78. The molecule has 0 amide bonds. The van der Waals surface area contributed by atoms with E-state index < -0.39 is 0 Å². The Labute approximate surface area is 91.1 Å². The number of benzene rings is 1. The van der Waals surface area contributed by atoms with Crippen molar-refractivity contribution < 1.29 is 9.84 Å². The number of hydrogen-bond acceptors (Lipinski definition) is 3. The third-order valence-corrected chi connectivity index (χ3v) is 2.47. The minimum atomic E-state index is -0.237. The molecule has 0 heterocycles. The van der Waals surface area contributed by atoms with Crippen LogP contribution < -0.4 is 5.32 Å². The number of methoxy groups -OCH3 is 1. The Balaban J connectivity index is 2.80. The van der Waals surface area contributed by atoms with E-state index in [0.29, 0.717) is 13.2 Å². The zero-order valence-corrected chi connectivity index (χ0v) is 9.36. The van der Waals surface area contributed by atoms with Gasteiger partial charge in [-0.3, -0.25) is 0 Å². The molecule has 0 aromatic heterocycles. The summed E-state index contributed by atoms with van der Waals surface area (Å²) in [6.45, 7) is 3.35. The summed E-state index contributed by atoms with van der Waals surface area (Å²) in [5, 5.41) is 12.1. The van der Waals surface area contributed by atoms with Gasteiger partial charge in [0.15, 0.2) is 0 Å². The van der Waals surface area contributed by atoms with Gasteiger partial charge in [-0.15, -0.1) is 0 Å². The molecule has 15 heavy (non-hydrogen) atoms. The zero-order chi connectivity index (χ0) is 11.1. The minimum absolute atomic E-state index is 0.131. The van der Waals surface area contributed by atoms with E-state index in [0.717, 1.165) is 0 Å². The van der Waals surface area contributed by atoms with Crippen molar-refractivity contribution in [3.8, 4) is 0 Å². The first-order chi connectivity index (χ1) is 7.23. The fourth-order valence-corrected chi connectivity index (χ4v) is 1.66. The Kier molecular flexibility index (Phi) is 4.75. The van der Waals surface area contributed by atoms with Crippen molar-refractivity contribution in [1.29, 1.82) is 0 Å². The van der Waals surface area contributed by atoms with Crippen molar-refractivity contribution in [2.24, 2.45) is 0 Å². The standard InChI is InChI=1S/C12H19NO2/c1-12(10-15-2,13-8-9-14)11-6-4-3-5-7-11/h3-7,13-14H,8-10H2,1-2H3. The van der Waals surface area contributed by atoms with Crippen molar-refractivity contribution in [2.75, 3.05) is 26.9 Å². The monoisotopic (exact) mass is 209 g/mol. The highest BCUT2D eigenvalue weighted by atomic mass is 16.5. The van der Waals surface area contributed by atoms with Crippen LogP contribution in [0.5, 0.6) is 0 Å². The fraction of sp³-hybridized carbons (Fsp3) is 0.500. The largest absolute Gasteiger partial charge is 0.395 e. The quantitative estimate of drug-likeness (QED) is 0.738. The number of ether oxygens (including phenoxy) is 1. The van der Waals surface area contributed by atoms with Crippen molar-refractivity contribution in [1.82, 2.24) is 5.32 Å². The van der Waals surface area contributed by atoms with Gasteiger partial charge in [0.2, 0.25) is 0 Å². The lowest BCUT2D eigenvalue weighted by molar-refractivity contribution is 0.113. The first kappa shape index (κ1) is 12.2. The van der Waals surface area contributed by atoms with Gasteiger partial charge in [-0.1, -0.05) is 30.3 Å². The molecule has 0 aliphatic carbocycles. The molecule has 2 N–H and O–H groups in total. The van der Waals surface area contributed by atoms with Gasteiger partial charge in [0.05, 0.1) is 18.8 Å². The Morgan fingerprint density at radius 2 is 2.00 bits per heavy atom. The highest BCUT2D eigenvalue weighted by Crippen LogP contribution is 2.20. The summed E-state index contributed by atoms with van der Waals surface area (Å²) in [5.74, 6) is 0. The molecule has 1 rings (SSSR count). The Morgan fingerprint density at radius 3 is 2.53 bits per heavy atom. The Morgan fingerprint density at radius 1 is 1.33 bits per heavy atom. The van der Waals surface area contributed by atoms with Crippen LogP contribution in [0.1, 0.15) is 12.5 Å². The molecule has 1 aromatic rings. The van der Waals surface area contributed by atoms with E-state index in [9.17, 15) is 0 Å². The van der Waals surface area contributed by atoms with Crippen LogP contribution in [0.3, 0.4) is 0 Å². The molecule has 1 aromatic carbocycles. The van der Waals surface area contributed by atoms with Crippen molar-refractivity contribution in [3.63, 3.8) is 0 Å². The minimum Gasteiger partial charge on any atom is -0.395 e. The number of hydrogen-bond donors (Lipinski definition) is 2. The molecule has 84 valence electrons. The molecule has 1 unspecified atom stereocenters. The fourth-order valence-electron chi connectivity index (χ4n) is 1.66. The molecule has 0 bridgehead atoms. The van der Waals surface area contributed by atoms with E-state index in [1.165, 1.54) is 5.56 Å². The first-order valence-corrected chi connectivity index (χ1v) is 5.13. The molecule has 3 heteroatoms. The SMILES string of the molecule is COCC(C)(NCCO)c1ccccc1. The summed E-state index contributed by atoms with van der Waals surface area (Å²) < 4.78 is 5.21. The van der Waals surface area contributed by atoms with E-state index in [2.05, 4.69) is 24.4 Å². The average Bonchev–Trinajstić information content (AvgIpc) is 2.28. The maximum Gasteiger partial charge on any atom is 0.0683 e. The number of rotatable bonds is 6. The first-order valence-electron chi connectivity index (χ1n) is 5.13. The summed E-state index contributed by atoms with van der Waals surface area (Å²) in [4.78, 5) is 0. The summed E-state index contributed by atoms with van der Waals surface area (Å²) in [7, 11) is 1.68. The Bertz CT molecular complexity index is 276. The zero-order valence-electron chi connectivity index (χ0n) is 9.36. The van der Waals surface area contributed by atoms with Crippen molar-refractivity contribution in [3.05, 3.63) is 35.9 Å². The lowest BCUT2D eigenvalue weighted by Gasteiger charge is -2.30. The predicted octanol–water partition coefficient (Wildman–Crippen LogP) is 1.13. The maximum atomic E-state index is 8.84. The Hall–Kier alpha value is -0.900. The topological polar surface area (TPSA) is 41.5 Å². The summed E-state index contributed by atoms with van der Waals surface area (Å²) in [5.41, 5.74) is 0.930. The summed E-state index contributed by atoms with van der Waals surface area (Å²) >= 11 is 0. The lowest BCUT2D eigenvalue weighted by atomic mass is 9.93. The number of aliphatic hydroxyl groups is 1. The predicted molar refractivity (Wildman–Crippen MR) is 60.8 cm³/mol.